The predicted molar refractivity (Wildman–Crippen MR) is 135 cm³/mol. The number of hydrogen-bond donors (Lipinski definition) is 1. The zero-order valence-corrected chi connectivity index (χ0v) is 20.3. The third-order valence-corrected chi connectivity index (χ3v) is 6.86. The summed E-state index contributed by atoms with van der Waals surface area (Å²) in [4.78, 5) is 18.4. The fraction of sp³-hybridized carbons (Fsp3) is 0.357. The summed E-state index contributed by atoms with van der Waals surface area (Å²) in [6, 6.07) is 14.5. The standard InChI is InChI=1S/C28H28ClFN2O3/c1-35-22-8-10-27-24(17-22)23(11-13-31-27)26(30)9-7-20-12-15-32(18-25(20)28(33)34)14-3-5-19-4-2-6-21(29)16-19/h2,4,6,8,10-11,13,16-17,20,25-26H,7,9,12,14-15,18H2,1H3,(H,33,34)/t20-,25+,26+/m1/s1. The van der Waals surface area contributed by atoms with Crippen molar-refractivity contribution in [3.63, 3.8) is 0 Å². The van der Waals surface area contributed by atoms with Crippen molar-refractivity contribution in [1.29, 1.82) is 0 Å². The van der Waals surface area contributed by atoms with Gasteiger partial charge in [0.1, 0.15) is 11.9 Å². The van der Waals surface area contributed by atoms with Crippen LogP contribution >= 0.6 is 11.6 Å². The fourth-order valence-corrected chi connectivity index (χ4v) is 4.91. The highest BCUT2D eigenvalue weighted by molar-refractivity contribution is 6.30. The van der Waals surface area contributed by atoms with E-state index in [9.17, 15) is 9.90 Å². The summed E-state index contributed by atoms with van der Waals surface area (Å²) in [6.07, 6.45) is 1.88. The van der Waals surface area contributed by atoms with Gasteiger partial charge in [0.25, 0.3) is 0 Å². The lowest BCUT2D eigenvalue weighted by atomic mass is 9.81. The Balaban J connectivity index is 1.38. The topological polar surface area (TPSA) is 62.7 Å². The Morgan fingerprint density at radius 1 is 1.31 bits per heavy atom. The summed E-state index contributed by atoms with van der Waals surface area (Å²) in [5.74, 6) is 5.39. The molecule has 7 heteroatoms. The van der Waals surface area contributed by atoms with Crippen LogP contribution in [0.15, 0.2) is 54.7 Å². The molecule has 35 heavy (non-hydrogen) atoms. The van der Waals surface area contributed by atoms with Crippen molar-refractivity contribution in [3.8, 4) is 17.6 Å². The molecule has 0 amide bonds. The number of fused-ring (bicyclic) bond motifs is 1. The smallest absolute Gasteiger partial charge is 0.308 e. The van der Waals surface area contributed by atoms with E-state index >= 15 is 4.39 Å². The molecule has 0 aliphatic carbocycles. The molecule has 3 aromatic rings. The Bertz CT molecular complexity index is 1260. The molecule has 0 bridgehead atoms. The average Bonchev–Trinajstić information content (AvgIpc) is 2.87. The zero-order chi connectivity index (χ0) is 24.8. The number of pyridine rings is 1. The first-order valence-electron chi connectivity index (χ1n) is 11.7. The van der Waals surface area contributed by atoms with Crippen LogP contribution in [0.4, 0.5) is 4.39 Å². The molecule has 4 rings (SSSR count). The molecule has 1 aliphatic rings. The van der Waals surface area contributed by atoms with Crippen LogP contribution < -0.4 is 4.74 Å². The van der Waals surface area contributed by atoms with E-state index in [2.05, 4.69) is 21.7 Å². The van der Waals surface area contributed by atoms with E-state index in [-0.39, 0.29) is 12.3 Å². The average molecular weight is 495 g/mol. The minimum atomic E-state index is -1.20. The number of benzene rings is 2. The van der Waals surface area contributed by atoms with Crippen LogP contribution in [0.2, 0.25) is 5.02 Å². The van der Waals surface area contributed by atoms with E-state index in [1.807, 2.05) is 18.2 Å². The minimum absolute atomic E-state index is 0.0782. The molecule has 0 spiro atoms. The van der Waals surface area contributed by atoms with Gasteiger partial charge in [0.2, 0.25) is 0 Å². The molecule has 2 aromatic carbocycles. The SMILES string of the molecule is COc1ccc2nccc([C@@H](F)CC[C@@H]3CCN(CC#Cc4cccc(Cl)c4)C[C@@H]3C(=O)O)c2c1. The maximum Gasteiger partial charge on any atom is 0.308 e. The second-order valence-electron chi connectivity index (χ2n) is 8.87. The van der Waals surface area contributed by atoms with Crippen LogP contribution in [0.5, 0.6) is 5.75 Å². The van der Waals surface area contributed by atoms with Gasteiger partial charge < -0.3 is 9.84 Å². The number of alkyl halides is 1. The van der Waals surface area contributed by atoms with E-state index in [4.69, 9.17) is 16.3 Å². The first-order chi connectivity index (χ1) is 16.9. The van der Waals surface area contributed by atoms with Gasteiger partial charge in [0, 0.05) is 28.7 Å². The van der Waals surface area contributed by atoms with Crippen LogP contribution in [0.1, 0.15) is 36.6 Å². The maximum absolute atomic E-state index is 15.4. The van der Waals surface area contributed by atoms with Crippen LogP contribution in [0.3, 0.4) is 0 Å². The molecular weight excluding hydrogens is 467 g/mol. The number of ether oxygens (including phenoxy) is 1. The van der Waals surface area contributed by atoms with E-state index in [1.54, 1.807) is 43.6 Å². The van der Waals surface area contributed by atoms with Crippen LogP contribution in [-0.4, -0.2) is 47.7 Å². The van der Waals surface area contributed by atoms with Gasteiger partial charge in [-0.05, 0) is 79.8 Å². The van der Waals surface area contributed by atoms with Crippen molar-refractivity contribution in [2.24, 2.45) is 11.8 Å². The molecule has 1 fully saturated rings. The lowest BCUT2D eigenvalue weighted by Gasteiger charge is -2.35. The van der Waals surface area contributed by atoms with Crippen molar-refractivity contribution < 1.29 is 19.0 Å². The molecule has 3 atom stereocenters. The van der Waals surface area contributed by atoms with E-state index in [1.165, 1.54) is 0 Å². The quantitative estimate of drug-likeness (QED) is 0.423. The Morgan fingerprint density at radius 3 is 2.94 bits per heavy atom. The summed E-state index contributed by atoms with van der Waals surface area (Å²) in [5.41, 5.74) is 2.11. The van der Waals surface area contributed by atoms with Crippen molar-refractivity contribution in [2.45, 2.75) is 25.4 Å². The highest BCUT2D eigenvalue weighted by atomic mass is 35.5. The number of rotatable bonds is 7. The number of aliphatic carboxylic acids is 1. The summed E-state index contributed by atoms with van der Waals surface area (Å²) in [5, 5.41) is 11.2. The normalized spacial score (nSPS) is 19.1. The maximum atomic E-state index is 15.4. The number of carboxylic acids is 1. The third kappa shape index (κ3) is 6.30. The molecule has 1 aromatic heterocycles. The Hall–Kier alpha value is -3.14. The number of carboxylic acid groups (broad SMARTS) is 1. The second-order valence-corrected chi connectivity index (χ2v) is 9.31. The van der Waals surface area contributed by atoms with Gasteiger partial charge in [-0.2, -0.15) is 0 Å². The molecule has 1 N–H and O–H groups in total. The molecule has 0 unspecified atom stereocenters. The number of methoxy groups -OCH3 is 1. The van der Waals surface area contributed by atoms with Gasteiger partial charge in [-0.3, -0.25) is 14.7 Å². The number of nitrogens with zero attached hydrogens (tertiary/aromatic N) is 2. The van der Waals surface area contributed by atoms with E-state index in [0.29, 0.717) is 47.8 Å². The molecule has 2 heterocycles. The molecular formula is C28H28ClFN2O3. The van der Waals surface area contributed by atoms with Gasteiger partial charge >= 0.3 is 5.97 Å². The van der Waals surface area contributed by atoms with Crippen molar-refractivity contribution in [1.82, 2.24) is 9.88 Å². The first kappa shape index (κ1) is 25.0. The summed E-state index contributed by atoms with van der Waals surface area (Å²) in [7, 11) is 1.57. The summed E-state index contributed by atoms with van der Waals surface area (Å²) in [6.45, 7) is 1.64. The Labute approximate surface area is 209 Å². The van der Waals surface area contributed by atoms with Gasteiger partial charge in [-0.25, -0.2) is 4.39 Å². The minimum Gasteiger partial charge on any atom is -0.497 e. The number of piperidine rings is 1. The summed E-state index contributed by atoms with van der Waals surface area (Å²) < 4.78 is 20.6. The van der Waals surface area contributed by atoms with Crippen molar-refractivity contribution in [3.05, 3.63) is 70.9 Å². The van der Waals surface area contributed by atoms with Gasteiger partial charge in [-0.15, -0.1) is 0 Å². The Morgan fingerprint density at radius 2 is 2.17 bits per heavy atom. The van der Waals surface area contributed by atoms with Crippen LogP contribution in [0, 0.1) is 23.7 Å². The second kappa shape index (κ2) is 11.5. The largest absolute Gasteiger partial charge is 0.497 e. The molecule has 0 radical (unpaired) electrons. The summed E-state index contributed by atoms with van der Waals surface area (Å²) >= 11 is 6.00. The Kier molecular flexibility index (Phi) is 8.22. The molecule has 182 valence electrons. The highest BCUT2D eigenvalue weighted by Gasteiger charge is 2.34. The molecule has 1 aliphatic heterocycles. The fourth-order valence-electron chi connectivity index (χ4n) is 4.72. The van der Waals surface area contributed by atoms with Crippen LogP contribution in [0.25, 0.3) is 10.9 Å². The predicted octanol–water partition coefficient (Wildman–Crippen LogP) is 5.76. The molecule has 0 saturated carbocycles. The van der Waals surface area contributed by atoms with Crippen molar-refractivity contribution >= 4 is 28.5 Å². The molecule has 1 saturated heterocycles. The number of halogens is 2. The monoisotopic (exact) mass is 494 g/mol. The number of carbonyl (C=O) groups is 1. The van der Waals surface area contributed by atoms with Crippen LogP contribution in [-0.2, 0) is 4.79 Å². The van der Waals surface area contributed by atoms with Crippen molar-refractivity contribution in [2.75, 3.05) is 26.7 Å². The number of aromatic nitrogens is 1. The van der Waals surface area contributed by atoms with E-state index in [0.717, 1.165) is 17.5 Å². The first-order valence-corrected chi connectivity index (χ1v) is 12.1. The number of likely N-dealkylation sites (tertiary alicyclic amines) is 1. The van der Waals surface area contributed by atoms with E-state index < -0.39 is 18.1 Å². The zero-order valence-electron chi connectivity index (χ0n) is 19.6. The van der Waals surface area contributed by atoms with Gasteiger partial charge in [-0.1, -0.05) is 29.5 Å². The van der Waals surface area contributed by atoms with Gasteiger partial charge in [0.15, 0.2) is 0 Å². The highest BCUT2D eigenvalue weighted by Crippen LogP contribution is 2.35. The van der Waals surface area contributed by atoms with Gasteiger partial charge in [0.05, 0.1) is 25.1 Å². The third-order valence-electron chi connectivity index (χ3n) is 6.63. The molecule has 5 nitrogen and oxygen atoms in total. The number of hydrogen-bond acceptors (Lipinski definition) is 4. The lowest BCUT2D eigenvalue weighted by Crippen LogP contribution is -2.44. The lowest BCUT2D eigenvalue weighted by molar-refractivity contribution is -0.146.